The Hall–Kier alpha value is -1.60. The quantitative estimate of drug-likeness (QED) is 0.407. The summed E-state index contributed by atoms with van der Waals surface area (Å²) in [5.41, 5.74) is 2.53. The van der Waals surface area contributed by atoms with E-state index in [9.17, 15) is 9.59 Å². The molecule has 2 saturated heterocycles. The van der Waals surface area contributed by atoms with Gasteiger partial charge in [0.2, 0.25) is 6.41 Å². The van der Waals surface area contributed by atoms with Crippen LogP contribution in [0.1, 0.15) is 50.5 Å². The fourth-order valence-electron chi connectivity index (χ4n) is 4.92. The van der Waals surface area contributed by atoms with Crippen LogP contribution in [0.25, 0.3) is 0 Å². The molecule has 2 heterocycles. The molecule has 0 saturated carbocycles. The van der Waals surface area contributed by atoms with Crippen LogP contribution in [0.4, 0.5) is 0 Å². The molecule has 33 heavy (non-hydrogen) atoms. The number of allylic oxidation sites excluding steroid dienone is 1. The van der Waals surface area contributed by atoms with Crippen LogP contribution in [-0.4, -0.2) is 66.1 Å². The van der Waals surface area contributed by atoms with E-state index in [-0.39, 0.29) is 12.3 Å². The fourth-order valence-corrected chi connectivity index (χ4v) is 5.44. The number of carbonyl (C=O) groups is 2. The molecule has 2 fully saturated rings. The molecule has 4 rings (SSSR count). The Balaban J connectivity index is 0.000000189. The number of rotatable bonds is 8. The maximum Gasteiger partial charge on any atom is 0.303 e. The van der Waals surface area contributed by atoms with Gasteiger partial charge in [-0.05, 0) is 63.1 Å². The van der Waals surface area contributed by atoms with Gasteiger partial charge in [0, 0.05) is 60.8 Å². The van der Waals surface area contributed by atoms with Crippen LogP contribution < -0.4 is 5.32 Å². The normalized spacial score (nSPS) is 23.5. The molecule has 3 aliphatic rings. The number of carbonyl (C=O) groups excluding carboxylic acids is 1. The molecule has 8 heteroatoms. The second-order valence-corrected chi connectivity index (χ2v) is 10.1. The molecule has 1 unspecified atom stereocenters. The summed E-state index contributed by atoms with van der Waals surface area (Å²) in [7, 11) is 0. The number of aliphatic carboxylic acids is 1. The highest BCUT2D eigenvalue weighted by molar-refractivity contribution is 6.35. The van der Waals surface area contributed by atoms with Crippen molar-refractivity contribution in [2.45, 2.75) is 57.5 Å². The monoisotopic (exact) mass is 495 g/mol. The van der Waals surface area contributed by atoms with Gasteiger partial charge in [-0.25, -0.2) is 0 Å². The predicted octanol–water partition coefficient (Wildman–Crippen LogP) is 4.60. The summed E-state index contributed by atoms with van der Waals surface area (Å²) in [6.45, 7) is 5.66. The van der Waals surface area contributed by atoms with Crippen LogP contribution in [0.3, 0.4) is 0 Å². The second-order valence-electron chi connectivity index (χ2n) is 9.30. The number of benzene rings is 1. The Morgan fingerprint density at radius 3 is 2.48 bits per heavy atom. The Morgan fingerprint density at radius 1 is 1.09 bits per heavy atom. The zero-order chi connectivity index (χ0) is 23.6. The minimum absolute atomic E-state index is 0.240. The van der Waals surface area contributed by atoms with E-state index in [2.05, 4.69) is 21.2 Å². The average molecular weight is 496 g/mol. The summed E-state index contributed by atoms with van der Waals surface area (Å²) >= 11 is 12.2. The number of amides is 1. The summed E-state index contributed by atoms with van der Waals surface area (Å²) in [5.74, 6) is -0.485. The summed E-state index contributed by atoms with van der Waals surface area (Å²) in [6.07, 6.45) is 10.8. The lowest BCUT2D eigenvalue weighted by molar-refractivity contribution is -0.138. The van der Waals surface area contributed by atoms with Crippen LogP contribution in [0.2, 0.25) is 10.0 Å². The minimum atomic E-state index is -0.724. The van der Waals surface area contributed by atoms with Crippen molar-refractivity contribution in [2.75, 3.05) is 32.7 Å². The van der Waals surface area contributed by atoms with Crippen molar-refractivity contribution in [1.82, 2.24) is 15.1 Å². The summed E-state index contributed by atoms with van der Waals surface area (Å²) < 4.78 is 0. The first-order chi connectivity index (χ1) is 15.9. The van der Waals surface area contributed by atoms with Crippen molar-refractivity contribution in [3.8, 4) is 0 Å². The lowest BCUT2D eigenvalue weighted by Crippen LogP contribution is -2.32. The van der Waals surface area contributed by atoms with Crippen molar-refractivity contribution in [1.29, 1.82) is 0 Å². The number of carboxylic acid groups (broad SMARTS) is 1. The molecule has 1 amide bonds. The van der Waals surface area contributed by atoms with Crippen molar-refractivity contribution < 1.29 is 14.7 Å². The molecule has 2 N–H and O–H groups in total. The maximum atomic E-state index is 10.7. The number of halogens is 2. The zero-order valence-corrected chi connectivity index (χ0v) is 20.7. The highest BCUT2D eigenvalue weighted by Gasteiger charge is 2.25. The standard InChI is InChI=1S/C13H15Cl2NO2.C12H20N2O/c14-11-2-1-3-12(15)10(11)8-16-5-4-9(7-16)6-13(17)18;15-10-13-12-6-7-14(9-12)8-11-4-2-1-3-5-11/h1-3,9H,4-8H2,(H,17,18);4,10,12H,1-3,5-9H2,(H,13,15)/t9-;/m0./s1. The van der Waals surface area contributed by atoms with Crippen LogP contribution in [-0.2, 0) is 16.1 Å². The fraction of sp³-hybridized carbons (Fsp3) is 0.600. The van der Waals surface area contributed by atoms with Gasteiger partial charge in [-0.2, -0.15) is 0 Å². The average Bonchev–Trinajstić information content (AvgIpc) is 3.41. The van der Waals surface area contributed by atoms with Gasteiger partial charge >= 0.3 is 5.97 Å². The molecule has 0 aromatic heterocycles. The van der Waals surface area contributed by atoms with Gasteiger partial charge in [0.25, 0.3) is 0 Å². The van der Waals surface area contributed by atoms with Gasteiger partial charge in [0.05, 0.1) is 0 Å². The SMILES string of the molecule is O=C(O)C[C@@H]1CCN(Cc2c(Cl)cccc2Cl)C1.O=CNC1CCN(CC2=CCCCC2)C1. The van der Waals surface area contributed by atoms with Crippen LogP contribution in [0, 0.1) is 5.92 Å². The van der Waals surface area contributed by atoms with E-state index in [1.54, 1.807) is 5.57 Å². The van der Waals surface area contributed by atoms with E-state index in [1.165, 1.54) is 25.7 Å². The lowest BCUT2D eigenvalue weighted by atomic mass is 9.99. The number of carboxylic acids is 1. The van der Waals surface area contributed by atoms with Gasteiger partial charge in [0.15, 0.2) is 0 Å². The molecule has 182 valence electrons. The van der Waals surface area contributed by atoms with Gasteiger partial charge in [0.1, 0.15) is 0 Å². The second kappa shape index (κ2) is 13.3. The third-order valence-corrected chi connectivity index (χ3v) is 7.37. The van der Waals surface area contributed by atoms with Crippen molar-refractivity contribution in [3.63, 3.8) is 0 Å². The number of hydrogen-bond acceptors (Lipinski definition) is 4. The Morgan fingerprint density at radius 2 is 1.82 bits per heavy atom. The first kappa shape index (κ1) is 26.0. The van der Waals surface area contributed by atoms with E-state index in [4.69, 9.17) is 28.3 Å². The Labute approximate surface area is 206 Å². The summed E-state index contributed by atoms with van der Waals surface area (Å²) in [5, 5.41) is 13.0. The number of nitrogens with one attached hydrogen (secondary N) is 1. The van der Waals surface area contributed by atoms with Crippen LogP contribution in [0.5, 0.6) is 0 Å². The maximum absolute atomic E-state index is 10.7. The predicted molar refractivity (Wildman–Crippen MR) is 133 cm³/mol. The van der Waals surface area contributed by atoms with Gasteiger partial charge < -0.3 is 10.4 Å². The molecule has 1 aromatic rings. The molecular formula is C25H35Cl2N3O3. The highest BCUT2D eigenvalue weighted by atomic mass is 35.5. The minimum Gasteiger partial charge on any atom is -0.481 e. The zero-order valence-electron chi connectivity index (χ0n) is 19.1. The van der Waals surface area contributed by atoms with E-state index in [0.717, 1.165) is 57.5 Å². The molecule has 0 spiro atoms. The van der Waals surface area contributed by atoms with Crippen molar-refractivity contribution in [3.05, 3.63) is 45.5 Å². The van der Waals surface area contributed by atoms with Crippen molar-refractivity contribution >= 4 is 35.6 Å². The lowest BCUT2D eigenvalue weighted by Gasteiger charge is -2.20. The summed E-state index contributed by atoms with van der Waals surface area (Å²) in [4.78, 5) is 25.6. The molecule has 0 bridgehead atoms. The smallest absolute Gasteiger partial charge is 0.303 e. The largest absolute Gasteiger partial charge is 0.481 e. The molecule has 0 radical (unpaired) electrons. The summed E-state index contributed by atoms with van der Waals surface area (Å²) in [6, 6.07) is 5.86. The third kappa shape index (κ3) is 8.60. The highest BCUT2D eigenvalue weighted by Crippen LogP contribution is 2.28. The number of hydrogen-bond donors (Lipinski definition) is 2. The number of likely N-dealkylation sites (tertiary alicyclic amines) is 2. The molecule has 1 aliphatic carbocycles. The van der Waals surface area contributed by atoms with E-state index in [0.29, 0.717) is 22.6 Å². The van der Waals surface area contributed by atoms with Crippen LogP contribution >= 0.6 is 23.2 Å². The first-order valence-corrected chi connectivity index (χ1v) is 12.7. The van der Waals surface area contributed by atoms with Crippen LogP contribution in [0.15, 0.2) is 29.8 Å². The van der Waals surface area contributed by atoms with E-state index < -0.39 is 5.97 Å². The Bertz CT molecular complexity index is 813. The molecule has 2 aliphatic heterocycles. The van der Waals surface area contributed by atoms with Gasteiger partial charge in [-0.15, -0.1) is 0 Å². The topological polar surface area (TPSA) is 72.9 Å². The van der Waals surface area contributed by atoms with Crippen molar-refractivity contribution in [2.24, 2.45) is 5.92 Å². The molecule has 1 aromatic carbocycles. The molecule has 2 atom stereocenters. The van der Waals surface area contributed by atoms with E-state index in [1.807, 2.05) is 18.2 Å². The Kier molecular flexibility index (Phi) is 10.5. The molecular weight excluding hydrogens is 461 g/mol. The molecule has 6 nitrogen and oxygen atoms in total. The van der Waals surface area contributed by atoms with E-state index >= 15 is 0 Å². The number of nitrogens with zero attached hydrogens (tertiary/aromatic N) is 2. The first-order valence-electron chi connectivity index (χ1n) is 11.9. The van der Waals surface area contributed by atoms with Gasteiger partial charge in [-0.3, -0.25) is 19.4 Å². The third-order valence-electron chi connectivity index (χ3n) is 6.66. The van der Waals surface area contributed by atoms with Gasteiger partial charge in [-0.1, -0.05) is 40.9 Å².